The molecule has 0 unspecified atom stereocenters. The zero-order chi connectivity index (χ0) is 20.7. The van der Waals surface area contributed by atoms with Gasteiger partial charge in [0.15, 0.2) is 5.76 Å². The zero-order valence-electron chi connectivity index (χ0n) is 17.2. The monoisotopic (exact) mass is 402 g/mol. The van der Waals surface area contributed by atoms with Crippen molar-refractivity contribution in [1.29, 1.82) is 0 Å². The second-order valence-electron chi connectivity index (χ2n) is 8.37. The molecule has 5 rings (SSSR count). The molecule has 0 bridgehead atoms. The number of piperidine rings is 1. The molecule has 5 nitrogen and oxygen atoms in total. The number of carbonyl (C=O) groups excluding carboxylic acids is 1. The lowest BCUT2D eigenvalue weighted by atomic mass is 9.74. The van der Waals surface area contributed by atoms with Crippen LogP contribution in [0.3, 0.4) is 0 Å². The predicted molar refractivity (Wildman–Crippen MR) is 116 cm³/mol. The van der Waals surface area contributed by atoms with Crippen LogP contribution in [0.15, 0.2) is 59.0 Å². The Hall–Kier alpha value is -3.05. The highest BCUT2D eigenvalue weighted by atomic mass is 16.5. The molecule has 0 saturated carbocycles. The summed E-state index contributed by atoms with van der Waals surface area (Å²) in [5.74, 6) is 2.05. The summed E-state index contributed by atoms with van der Waals surface area (Å²) in [5.41, 5.74) is 10.3. The van der Waals surface area contributed by atoms with Crippen molar-refractivity contribution in [1.82, 2.24) is 4.90 Å². The van der Waals surface area contributed by atoms with Gasteiger partial charge in [-0.2, -0.15) is 0 Å². The van der Waals surface area contributed by atoms with Crippen LogP contribution in [0.2, 0.25) is 0 Å². The molecular formula is C25H26N2O3. The Bertz CT molecular complexity index is 1090. The van der Waals surface area contributed by atoms with Crippen molar-refractivity contribution >= 4 is 5.91 Å². The number of aryl methyl sites for hydroxylation is 1. The second kappa shape index (κ2) is 7.33. The third-order valence-corrected chi connectivity index (χ3v) is 6.59. The Balaban J connectivity index is 1.32. The summed E-state index contributed by atoms with van der Waals surface area (Å²) >= 11 is 0. The molecular weight excluding hydrogens is 376 g/mol. The number of nitrogens with two attached hydrogens (primary N) is 1. The molecule has 5 heteroatoms. The highest BCUT2D eigenvalue weighted by Crippen LogP contribution is 2.46. The van der Waals surface area contributed by atoms with Crippen LogP contribution in [0.5, 0.6) is 5.75 Å². The van der Waals surface area contributed by atoms with Crippen molar-refractivity contribution in [3.05, 3.63) is 77.0 Å². The average molecular weight is 402 g/mol. The van der Waals surface area contributed by atoms with E-state index in [1.165, 1.54) is 5.56 Å². The maximum absolute atomic E-state index is 13.1. The highest BCUT2D eigenvalue weighted by molar-refractivity contribution is 5.92. The van der Waals surface area contributed by atoms with Crippen LogP contribution in [0, 0.1) is 6.92 Å². The van der Waals surface area contributed by atoms with Gasteiger partial charge in [0.1, 0.15) is 11.5 Å². The lowest BCUT2D eigenvalue weighted by molar-refractivity contribution is 0.0616. The molecule has 2 N–H and O–H groups in total. The largest absolute Gasteiger partial charge is 0.492 e. The lowest BCUT2D eigenvalue weighted by Crippen LogP contribution is -2.46. The predicted octanol–water partition coefficient (Wildman–Crippen LogP) is 4.28. The molecule has 30 heavy (non-hydrogen) atoms. The van der Waals surface area contributed by atoms with Gasteiger partial charge in [-0.15, -0.1) is 0 Å². The van der Waals surface area contributed by atoms with Gasteiger partial charge in [0.05, 0.1) is 6.61 Å². The molecule has 1 amide bonds. The Morgan fingerprint density at radius 3 is 2.67 bits per heavy atom. The van der Waals surface area contributed by atoms with Gasteiger partial charge >= 0.3 is 0 Å². The standard InChI is InChI=1S/C25H26N2O3/c1-17-4-2-3-5-19(17)21-8-9-23(30-21)24(28)27-12-10-25(11-13-27)16-29-22-7-6-18(15-26)14-20(22)25/h2-9,14H,10-13,15-16,26H2,1H3. The van der Waals surface area contributed by atoms with Gasteiger partial charge in [0.25, 0.3) is 5.91 Å². The second-order valence-corrected chi connectivity index (χ2v) is 8.37. The van der Waals surface area contributed by atoms with Gasteiger partial charge in [-0.25, -0.2) is 0 Å². The van der Waals surface area contributed by atoms with E-state index < -0.39 is 0 Å². The molecule has 2 aromatic carbocycles. The average Bonchev–Trinajstić information content (AvgIpc) is 3.40. The number of ether oxygens (including phenoxy) is 1. The number of amides is 1. The minimum Gasteiger partial charge on any atom is -0.492 e. The van der Waals surface area contributed by atoms with E-state index in [1.54, 1.807) is 6.07 Å². The number of fused-ring (bicyclic) bond motifs is 2. The summed E-state index contributed by atoms with van der Waals surface area (Å²) in [6.45, 7) is 4.62. The summed E-state index contributed by atoms with van der Waals surface area (Å²) in [6.07, 6.45) is 1.76. The van der Waals surface area contributed by atoms with Crippen molar-refractivity contribution in [3.63, 3.8) is 0 Å². The molecule has 1 saturated heterocycles. The molecule has 0 radical (unpaired) electrons. The first-order chi connectivity index (χ1) is 14.6. The summed E-state index contributed by atoms with van der Waals surface area (Å²) in [7, 11) is 0. The van der Waals surface area contributed by atoms with Crippen LogP contribution in [0.25, 0.3) is 11.3 Å². The first-order valence-corrected chi connectivity index (χ1v) is 10.5. The summed E-state index contributed by atoms with van der Waals surface area (Å²) in [5, 5.41) is 0. The van der Waals surface area contributed by atoms with E-state index in [9.17, 15) is 4.79 Å². The molecule has 1 fully saturated rings. The Morgan fingerprint density at radius 1 is 1.10 bits per heavy atom. The first kappa shape index (κ1) is 18.9. The minimum absolute atomic E-state index is 0.0211. The number of rotatable bonds is 3. The summed E-state index contributed by atoms with van der Waals surface area (Å²) in [6, 6.07) is 17.9. The van der Waals surface area contributed by atoms with Gasteiger partial charge in [-0.1, -0.05) is 36.4 Å². The Labute approximate surface area is 176 Å². The maximum atomic E-state index is 13.1. The lowest BCUT2D eigenvalue weighted by Gasteiger charge is -2.38. The number of carbonyl (C=O) groups is 1. The van der Waals surface area contributed by atoms with E-state index >= 15 is 0 Å². The van der Waals surface area contributed by atoms with Crippen molar-refractivity contribution in [3.8, 4) is 17.1 Å². The van der Waals surface area contributed by atoms with Crippen molar-refractivity contribution in [2.45, 2.75) is 31.7 Å². The molecule has 3 aromatic rings. The van der Waals surface area contributed by atoms with Crippen LogP contribution in [-0.4, -0.2) is 30.5 Å². The van der Waals surface area contributed by atoms with Crippen molar-refractivity contribution < 1.29 is 13.9 Å². The van der Waals surface area contributed by atoms with E-state index in [4.69, 9.17) is 14.9 Å². The normalized spacial score (nSPS) is 17.1. The minimum atomic E-state index is -0.0421. The van der Waals surface area contributed by atoms with Crippen LogP contribution in [0.4, 0.5) is 0 Å². The SMILES string of the molecule is Cc1ccccc1-c1ccc(C(=O)N2CCC3(CC2)COc2ccc(CN)cc23)o1. The molecule has 154 valence electrons. The quantitative estimate of drug-likeness (QED) is 0.710. The van der Waals surface area contributed by atoms with Gasteiger partial charge in [-0.05, 0) is 49.1 Å². The highest BCUT2D eigenvalue weighted by Gasteiger charge is 2.44. The van der Waals surface area contributed by atoms with Crippen LogP contribution in [-0.2, 0) is 12.0 Å². The van der Waals surface area contributed by atoms with Crippen LogP contribution >= 0.6 is 0 Å². The van der Waals surface area contributed by atoms with Gasteiger partial charge in [0, 0.05) is 36.2 Å². The van der Waals surface area contributed by atoms with E-state index in [0.29, 0.717) is 32.0 Å². The fourth-order valence-electron chi connectivity index (χ4n) is 4.69. The van der Waals surface area contributed by atoms with Crippen molar-refractivity contribution in [2.24, 2.45) is 5.73 Å². The molecule has 2 aliphatic rings. The number of benzene rings is 2. The van der Waals surface area contributed by atoms with E-state index in [0.717, 1.165) is 41.0 Å². The zero-order valence-corrected chi connectivity index (χ0v) is 17.2. The first-order valence-electron chi connectivity index (χ1n) is 10.5. The Morgan fingerprint density at radius 2 is 1.90 bits per heavy atom. The third kappa shape index (κ3) is 3.10. The van der Waals surface area contributed by atoms with Gasteiger partial charge < -0.3 is 19.8 Å². The molecule has 1 aromatic heterocycles. The van der Waals surface area contributed by atoms with Crippen LogP contribution < -0.4 is 10.5 Å². The number of nitrogens with zero attached hydrogens (tertiary/aromatic N) is 1. The smallest absolute Gasteiger partial charge is 0.289 e. The van der Waals surface area contributed by atoms with Crippen molar-refractivity contribution in [2.75, 3.05) is 19.7 Å². The number of likely N-dealkylation sites (tertiary alicyclic amines) is 1. The summed E-state index contributed by atoms with van der Waals surface area (Å²) in [4.78, 5) is 15.0. The van der Waals surface area contributed by atoms with E-state index in [1.807, 2.05) is 54.3 Å². The molecule has 1 spiro atoms. The molecule has 3 heterocycles. The summed E-state index contributed by atoms with van der Waals surface area (Å²) < 4.78 is 11.9. The fraction of sp³-hybridized carbons (Fsp3) is 0.320. The topological polar surface area (TPSA) is 68.7 Å². The number of hydrogen-bond acceptors (Lipinski definition) is 4. The fourth-order valence-corrected chi connectivity index (χ4v) is 4.69. The number of hydrogen-bond donors (Lipinski definition) is 1. The molecule has 0 aliphatic carbocycles. The number of furan rings is 1. The maximum Gasteiger partial charge on any atom is 0.289 e. The van der Waals surface area contributed by atoms with Gasteiger partial charge in [-0.3, -0.25) is 4.79 Å². The van der Waals surface area contributed by atoms with Crippen LogP contribution in [0.1, 0.15) is 40.1 Å². The molecule has 0 atom stereocenters. The Kier molecular flexibility index (Phi) is 4.63. The van der Waals surface area contributed by atoms with Gasteiger partial charge in [0.2, 0.25) is 0 Å². The van der Waals surface area contributed by atoms with E-state index in [2.05, 4.69) is 6.07 Å². The molecule has 2 aliphatic heterocycles. The van der Waals surface area contributed by atoms with E-state index in [-0.39, 0.29) is 11.3 Å². The third-order valence-electron chi connectivity index (χ3n) is 6.59.